The molecule has 0 saturated carbocycles. The minimum atomic E-state index is -1.46. The molecule has 1 unspecified atom stereocenters. The molecule has 1 aromatic carbocycles. The number of carbonyl (C=O) groups is 9. The van der Waals surface area contributed by atoms with Gasteiger partial charge < -0.3 is 64.8 Å². The van der Waals surface area contributed by atoms with Crippen LogP contribution in [0, 0.1) is 5.92 Å². The first-order chi connectivity index (χ1) is 35.4. The van der Waals surface area contributed by atoms with Gasteiger partial charge in [-0.25, -0.2) is 0 Å². The highest BCUT2D eigenvalue weighted by atomic mass is 16.3. The van der Waals surface area contributed by atoms with Gasteiger partial charge in [0, 0.05) is 26.3 Å². The van der Waals surface area contributed by atoms with E-state index in [0.717, 1.165) is 19.3 Å². The van der Waals surface area contributed by atoms with Crippen molar-refractivity contribution >= 4 is 53.2 Å². The molecule has 74 heavy (non-hydrogen) atoms. The molecule has 21 nitrogen and oxygen atoms in total. The number of primary amides is 1. The second kappa shape index (κ2) is 40.5. The lowest BCUT2D eigenvalue weighted by Crippen LogP contribution is -2.59. The summed E-state index contributed by atoms with van der Waals surface area (Å²) in [6, 6.07) is -0.240. The van der Waals surface area contributed by atoms with Gasteiger partial charge >= 0.3 is 0 Å². The average molecular weight is 1040 g/mol. The van der Waals surface area contributed by atoms with Gasteiger partial charge in [-0.15, -0.1) is 0 Å². The molecule has 0 aromatic heterocycles. The number of aromatic hydroxyl groups is 1. The molecule has 0 aliphatic heterocycles. The summed E-state index contributed by atoms with van der Waals surface area (Å²) in [7, 11) is 1.45. The summed E-state index contributed by atoms with van der Waals surface area (Å²) < 4.78 is 0. The van der Waals surface area contributed by atoms with Crippen LogP contribution < -0.4 is 59.7 Å². The zero-order valence-corrected chi connectivity index (χ0v) is 44.9. The Labute approximate surface area is 439 Å². The number of likely N-dealkylation sites (N-methyl/N-ethyl adjacent to an activating group) is 1. The van der Waals surface area contributed by atoms with Crippen molar-refractivity contribution in [2.45, 2.75) is 205 Å². The summed E-state index contributed by atoms with van der Waals surface area (Å²) in [5, 5.41) is 30.7. The fourth-order valence-electron chi connectivity index (χ4n) is 8.18. The Hall–Kier alpha value is -5.83. The molecule has 1 aromatic rings. The highest BCUT2D eigenvalue weighted by molar-refractivity contribution is 5.97. The molecular weight excluding hydrogens is 951 g/mol. The lowest BCUT2D eigenvalue weighted by molar-refractivity contribution is -0.135. The number of carbonyl (C=O) groups excluding carboxylic acids is 9. The molecule has 0 aliphatic rings. The van der Waals surface area contributed by atoms with Crippen molar-refractivity contribution < 1.29 is 48.3 Å². The SMILES string of the molecule is CCCCCCCCCCCCCCCC(=O)NCC(=O)NCC(=O)N[C@@H](Cc1ccc(O)cc1)C(=O)N[C@@H](CCC(N)=O)C(=O)N[C@@H](CCCCN)C(=O)N[C@@H](CCCCN)C(=O)NC(CC(C)C)C(=O)NC. The van der Waals surface area contributed by atoms with Gasteiger partial charge in [0.25, 0.3) is 0 Å². The first-order valence-corrected chi connectivity index (χ1v) is 27.2. The molecule has 15 N–H and O–H groups in total. The van der Waals surface area contributed by atoms with Crippen LogP contribution >= 0.6 is 0 Å². The van der Waals surface area contributed by atoms with E-state index < -0.39 is 84.0 Å². The molecule has 1 rings (SSSR count). The van der Waals surface area contributed by atoms with Crippen LogP contribution in [-0.2, 0) is 49.6 Å². The van der Waals surface area contributed by atoms with Crippen LogP contribution in [0.4, 0.5) is 0 Å². The molecule has 0 saturated heterocycles. The van der Waals surface area contributed by atoms with E-state index in [1.165, 1.54) is 89.1 Å². The molecule has 420 valence electrons. The third-order valence-corrected chi connectivity index (χ3v) is 12.5. The summed E-state index contributed by atoms with van der Waals surface area (Å²) in [6.45, 7) is 5.72. The number of hydrogen-bond acceptors (Lipinski definition) is 12. The van der Waals surface area contributed by atoms with Gasteiger partial charge in [0.1, 0.15) is 36.0 Å². The Kier molecular flexibility index (Phi) is 36.3. The van der Waals surface area contributed by atoms with Crippen molar-refractivity contribution in [1.29, 1.82) is 0 Å². The number of phenols is 1. The molecule has 0 fully saturated rings. The van der Waals surface area contributed by atoms with Crippen molar-refractivity contribution in [2.24, 2.45) is 23.1 Å². The van der Waals surface area contributed by atoms with Crippen molar-refractivity contribution in [3.63, 3.8) is 0 Å². The number of unbranched alkanes of at least 4 members (excludes halogenated alkanes) is 14. The van der Waals surface area contributed by atoms with Gasteiger partial charge in [-0.3, -0.25) is 43.2 Å². The molecule has 9 amide bonds. The average Bonchev–Trinajstić information content (AvgIpc) is 3.36. The predicted octanol–water partition coefficient (Wildman–Crippen LogP) is 2.39. The van der Waals surface area contributed by atoms with Crippen LogP contribution in [0.3, 0.4) is 0 Å². The number of nitrogens with two attached hydrogens (primary N) is 3. The van der Waals surface area contributed by atoms with Crippen LogP contribution in [-0.4, -0.2) is 122 Å². The first kappa shape index (κ1) is 66.2. The van der Waals surface area contributed by atoms with Crippen LogP contribution in [0.2, 0.25) is 0 Å². The largest absolute Gasteiger partial charge is 0.508 e. The van der Waals surface area contributed by atoms with Crippen LogP contribution in [0.5, 0.6) is 5.75 Å². The number of amides is 9. The topological polar surface area (TPSA) is 348 Å². The monoisotopic (exact) mass is 1040 g/mol. The minimum Gasteiger partial charge on any atom is -0.508 e. The lowest BCUT2D eigenvalue weighted by atomic mass is 10.0. The van der Waals surface area contributed by atoms with E-state index in [2.05, 4.69) is 49.5 Å². The molecule has 0 radical (unpaired) electrons. The Balaban J connectivity index is 3.07. The normalized spacial score (nSPS) is 13.1. The fourth-order valence-corrected chi connectivity index (χ4v) is 8.18. The summed E-state index contributed by atoms with van der Waals surface area (Å²) in [6.07, 6.45) is 17.2. The molecule has 5 atom stereocenters. The van der Waals surface area contributed by atoms with Crippen LogP contribution in [0.1, 0.15) is 174 Å². The van der Waals surface area contributed by atoms with Gasteiger partial charge in [0.05, 0.1) is 13.1 Å². The van der Waals surface area contributed by atoms with Gasteiger partial charge in [-0.2, -0.15) is 0 Å². The van der Waals surface area contributed by atoms with Crippen LogP contribution in [0.15, 0.2) is 24.3 Å². The summed E-state index contributed by atoms with van der Waals surface area (Å²) in [4.78, 5) is 119. The van der Waals surface area contributed by atoms with E-state index in [9.17, 15) is 48.3 Å². The maximum atomic E-state index is 14.1. The van der Waals surface area contributed by atoms with Crippen molar-refractivity contribution in [1.82, 2.24) is 42.5 Å². The predicted molar refractivity (Wildman–Crippen MR) is 286 cm³/mol. The second-order valence-corrected chi connectivity index (χ2v) is 19.6. The highest BCUT2D eigenvalue weighted by Gasteiger charge is 2.33. The maximum absolute atomic E-state index is 14.1. The third kappa shape index (κ3) is 31.7. The number of benzene rings is 1. The number of hydrogen-bond donors (Lipinski definition) is 12. The van der Waals surface area contributed by atoms with Gasteiger partial charge in [-0.05, 0) is 94.5 Å². The first-order valence-electron chi connectivity index (χ1n) is 27.2. The molecular formula is C53H93N11O10. The number of rotatable bonds is 43. The summed E-state index contributed by atoms with van der Waals surface area (Å²) in [5.41, 5.74) is 17.4. The fraction of sp³-hybridized carbons (Fsp3) is 0.717. The lowest BCUT2D eigenvalue weighted by Gasteiger charge is -2.27. The van der Waals surface area contributed by atoms with Crippen molar-refractivity contribution in [2.75, 3.05) is 33.2 Å². The zero-order valence-electron chi connectivity index (χ0n) is 44.9. The number of nitrogens with one attached hydrogen (secondary N) is 8. The van der Waals surface area contributed by atoms with E-state index >= 15 is 0 Å². The highest BCUT2D eigenvalue weighted by Crippen LogP contribution is 2.15. The van der Waals surface area contributed by atoms with E-state index in [1.54, 1.807) is 0 Å². The van der Waals surface area contributed by atoms with Gasteiger partial charge in [-0.1, -0.05) is 110 Å². The Morgan fingerprint density at radius 2 is 0.919 bits per heavy atom. The quantitative estimate of drug-likeness (QED) is 0.0420. The Bertz CT molecular complexity index is 1830. The third-order valence-electron chi connectivity index (χ3n) is 12.5. The molecule has 0 bridgehead atoms. The van der Waals surface area contributed by atoms with Gasteiger partial charge in [0.2, 0.25) is 53.2 Å². The smallest absolute Gasteiger partial charge is 0.243 e. The van der Waals surface area contributed by atoms with Gasteiger partial charge in [0.15, 0.2) is 0 Å². The second-order valence-electron chi connectivity index (χ2n) is 19.6. The van der Waals surface area contributed by atoms with Crippen molar-refractivity contribution in [3.8, 4) is 5.75 Å². The summed E-state index contributed by atoms with van der Waals surface area (Å²) >= 11 is 0. The van der Waals surface area contributed by atoms with E-state index in [-0.39, 0.29) is 69.2 Å². The molecule has 0 heterocycles. The molecule has 21 heteroatoms. The molecule has 0 spiro atoms. The summed E-state index contributed by atoms with van der Waals surface area (Å²) in [5.74, 6) is -5.94. The van der Waals surface area contributed by atoms with Crippen molar-refractivity contribution in [3.05, 3.63) is 29.8 Å². The maximum Gasteiger partial charge on any atom is 0.243 e. The van der Waals surface area contributed by atoms with Crippen LogP contribution in [0.25, 0.3) is 0 Å². The van der Waals surface area contributed by atoms with E-state index in [4.69, 9.17) is 17.2 Å². The van der Waals surface area contributed by atoms with E-state index in [1.807, 2.05) is 13.8 Å². The number of phenolic OH excluding ortho intramolecular Hbond substituents is 1. The standard InChI is InChI=1S/C53H93N11O10/c1-5-6-7-8-9-10-11-12-13-14-15-16-17-24-46(67)58-35-47(68)59-36-48(69)60-44(34-38-25-27-39(65)28-26-38)53(74)63-42(29-30-45(56)66)52(73)62-40(22-18-20-31-54)50(71)61-41(23-19-21-32-55)51(72)64-43(33-37(2)3)49(70)57-4/h25-28,37,40-44,65H,5-24,29-36,54-55H2,1-4H3,(H2,56,66)(H,57,70)(H,58,67)(H,59,68)(H,60,69)(H,61,71)(H,62,73)(H,63,74)(H,64,72)/t40-,41-,42-,43?,44-/m0/s1. The molecule has 0 aliphatic carbocycles. The van der Waals surface area contributed by atoms with E-state index in [0.29, 0.717) is 50.6 Å². The zero-order chi connectivity index (χ0) is 55.1. The Morgan fingerprint density at radius 1 is 0.486 bits per heavy atom. The minimum absolute atomic E-state index is 0.0482. The Morgan fingerprint density at radius 3 is 1.38 bits per heavy atom.